The molecule has 0 aliphatic heterocycles. The Morgan fingerprint density at radius 3 is 2.60 bits per heavy atom. The predicted molar refractivity (Wildman–Crippen MR) is 96.3 cm³/mol. The van der Waals surface area contributed by atoms with Gasteiger partial charge in [-0.15, -0.1) is 11.3 Å². The van der Waals surface area contributed by atoms with Crippen LogP contribution in [0.25, 0.3) is 0 Å². The SMILES string of the molecule is O=C(Cc1ccccc1)Nc1nc(C(=O)NCc2cccnc2)cs1. The van der Waals surface area contributed by atoms with Crippen molar-refractivity contribution in [3.8, 4) is 0 Å². The summed E-state index contributed by atoms with van der Waals surface area (Å²) in [5, 5.41) is 7.52. The zero-order chi connectivity index (χ0) is 17.5. The average molecular weight is 352 g/mol. The lowest BCUT2D eigenvalue weighted by molar-refractivity contribution is -0.115. The molecule has 0 saturated carbocycles. The Morgan fingerprint density at radius 2 is 1.84 bits per heavy atom. The first-order chi connectivity index (χ1) is 12.2. The second-order valence-electron chi connectivity index (χ2n) is 5.29. The van der Waals surface area contributed by atoms with Crippen LogP contribution in [0.2, 0.25) is 0 Å². The topological polar surface area (TPSA) is 84.0 Å². The molecule has 126 valence electrons. The van der Waals surface area contributed by atoms with Crippen LogP contribution in [0.3, 0.4) is 0 Å². The molecule has 0 saturated heterocycles. The number of pyridine rings is 1. The molecular formula is C18H16N4O2S. The van der Waals surface area contributed by atoms with Crippen LogP contribution in [0.15, 0.2) is 60.2 Å². The van der Waals surface area contributed by atoms with Crippen LogP contribution in [0.4, 0.5) is 5.13 Å². The number of benzene rings is 1. The molecule has 0 atom stereocenters. The number of anilines is 1. The van der Waals surface area contributed by atoms with Crippen LogP contribution in [-0.2, 0) is 17.8 Å². The number of thiazole rings is 1. The molecule has 2 heterocycles. The summed E-state index contributed by atoms with van der Waals surface area (Å²) in [5.74, 6) is -0.452. The number of amides is 2. The maximum absolute atomic E-state index is 12.1. The van der Waals surface area contributed by atoms with Crippen molar-refractivity contribution < 1.29 is 9.59 Å². The Kier molecular flexibility index (Phi) is 5.48. The maximum Gasteiger partial charge on any atom is 0.271 e. The van der Waals surface area contributed by atoms with Crippen molar-refractivity contribution in [3.63, 3.8) is 0 Å². The van der Waals surface area contributed by atoms with Crippen LogP contribution in [-0.4, -0.2) is 21.8 Å². The Balaban J connectivity index is 1.53. The fourth-order valence-electron chi connectivity index (χ4n) is 2.16. The van der Waals surface area contributed by atoms with E-state index in [1.807, 2.05) is 42.5 Å². The highest BCUT2D eigenvalue weighted by Gasteiger charge is 2.12. The minimum absolute atomic E-state index is 0.164. The fourth-order valence-corrected chi connectivity index (χ4v) is 2.86. The molecule has 2 amide bonds. The first-order valence-electron chi connectivity index (χ1n) is 7.67. The summed E-state index contributed by atoms with van der Waals surface area (Å²) in [6.45, 7) is 0.375. The van der Waals surface area contributed by atoms with Crippen molar-refractivity contribution in [3.05, 3.63) is 77.1 Å². The van der Waals surface area contributed by atoms with E-state index >= 15 is 0 Å². The largest absolute Gasteiger partial charge is 0.347 e. The quantitative estimate of drug-likeness (QED) is 0.714. The molecule has 25 heavy (non-hydrogen) atoms. The lowest BCUT2D eigenvalue weighted by atomic mass is 10.1. The number of rotatable bonds is 6. The molecule has 0 bridgehead atoms. The van der Waals surface area contributed by atoms with Crippen LogP contribution in [0.5, 0.6) is 0 Å². The van der Waals surface area contributed by atoms with Gasteiger partial charge < -0.3 is 10.6 Å². The monoisotopic (exact) mass is 352 g/mol. The van der Waals surface area contributed by atoms with E-state index in [0.717, 1.165) is 11.1 Å². The van der Waals surface area contributed by atoms with Gasteiger partial charge in [-0.2, -0.15) is 0 Å². The lowest BCUT2D eigenvalue weighted by Gasteiger charge is -2.03. The van der Waals surface area contributed by atoms with Crippen molar-refractivity contribution in [2.75, 3.05) is 5.32 Å². The molecule has 0 radical (unpaired) electrons. The Morgan fingerprint density at radius 1 is 1.04 bits per heavy atom. The highest BCUT2D eigenvalue weighted by Crippen LogP contribution is 2.16. The molecule has 0 spiro atoms. The number of carbonyl (C=O) groups is 2. The van der Waals surface area contributed by atoms with E-state index in [1.54, 1.807) is 17.8 Å². The Hall–Kier alpha value is -3.06. The van der Waals surface area contributed by atoms with Gasteiger partial charge in [0.25, 0.3) is 5.91 Å². The normalized spacial score (nSPS) is 10.2. The molecule has 0 fully saturated rings. The molecule has 3 rings (SSSR count). The average Bonchev–Trinajstić information content (AvgIpc) is 3.10. The minimum Gasteiger partial charge on any atom is -0.347 e. The second kappa shape index (κ2) is 8.16. The number of nitrogens with zero attached hydrogens (tertiary/aromatic N) is 2. The van der Waals surface area contributed by atoms with E-state index in [9.17, 15) is 9.59 Å². The van der Waals surface area contributed by atoms with Gasteiger partial charge in [-0.05, 0) is 17.2 Å². The zero-order valence-corrected chi connectivity index (χ0v) is 14.1. The number of hydrogen-bond donors (Lipinski definition) is 2. The van der Waals surface area contributed by atoms with Crippen molar-refractivity contribution in [1.29, 1.82) is 0 Å². The maximum atomic E-state index is 12.1. The molecule has 3 aromatic rings. The smallest absolute Gasteiger partial charge is 0.271 e. The number of carbonyl (C=O) groups excluding carboxylic acids is 2. The van der Waals surface area contributed by atoms with E-state index < -0.39 is 0 Å². The number of aromatic nitrogens is 2. The summed E-state index contributed by atoms with van der Waals surface area (Å²) in [4.78, 5) is 32.3. The molecule has 7 heteroatoms. The van der Waals surface area contributed by atoms with Gasteiger partial charge in [0.1, 0.15) is 5.69 Å². The highest BCUT2D eigenvalue weighted by molar-refractivity contribution is 7.14. The third-order valence-corrected chi connectivity index (χ3v) is 4.12. The number of nitrogens with one attached hydrogen (secondary N) is 2. The van der Waals surface area contributed by atoms with E-state index in [-0.39, 0.29) is 23.9 Å². The van der Waals surface area contributed by atoms with Gasteiger partial charge >= 0.3 is 0 Å². The van der Waals surface area contributed by atoms with Gasteiger partial charge in [-0.3, -0.25) is 14.6 Å². The highest BCUT2D eigenvalue weighted by atomic mass is 32.1. The summed E-state index contributed by atoms with van der Waals surface area (Å²) in [7, 11) is 0. The van der Waals surface area contributed by atoms with E-state index in [4.69, 9.17) is 0 Å². The van der Waals surface area contributed by atoms with Gasteiger partial charge in [-0.25, -0.2) is 4.98 Å². The molecule has 1 aromatic carbocycles. The Bertz CT molecular complexity index is 850. The minimum atomic E-state index is -0.288. The summed E-state index contributed by atoms with van der Waals surface area (Å²) < 4.78 is 0. The fraction of sp³-hybridized carbons (Fsp3) is 0.111. The predicted octanol–water partition coefficient (Wildman–Crippen LogP) is 2.65. The molecule has 2 aromatic heterocycles. The molecular weight excluding hydrogens is 336 g/mol. The van der Waals surface area contributed by atoms with Crippen LogP contribution < -0.4 is 10.6 Å². The Labute approximate surface area is 149 Å². The van der Waals surface area contributed by atoms with Crippen molar-refractivity contribution in [1.82, 2.24) is 15.3 Å². The lowest BCUT2D eigenvalue weighted by Crippen LogP contribution is -2.23. The molecule has 0 aliphatic rings. The molecule has 0 unspecified atom stereocenters. The summed E-state index contributed by atoms with van der Waals surface area (Å²) in [6.07, 6.45) is 3.63. The van der Waals surface area contributed by atoms with E-state index in [1.165, 1.54) is 11.3 Å². The molecule has 6 nitrogen and oxygen atoms in total. The third-order valence-electron chi connectivity index (χ3n) is 3.37. The van der Waals surface area contributed by atoms with E-state index in [0.29, 0.717) is 11.7 Å². The standard InChI is InChI=1S/C18H16N4O2S/c23-16(9-13-5-2-1-3-6-13)22-18-21-15(12-25-18)17(24)20-11-14-7-4-8-19-10-14/h1-8,10,12H,9,11H2,(H,20,24)(H,21,22,23). The van der Waals surface area contributed by atoms with E-state index in [2.05, 4.69) is 20.6 Å². The van der Waals surface area contributed by atoms with Gasteiger partial charge in [0.05, 0.1) is 6.42 Å². The first-order valence-corrected chi connectivity index (χ1v) is 8.55. The van der Waals surface area contributed by atoms with Crippen LogP contribution >= 0.6 is 11.3 Å². The van der Waals surface area contributed by atoms with Gasteiger partial charge in [0.15, 0.2) is 5.13 Å². The third kappa shape index (κ3) is 4.95. The second-order valence-corrected chi connectivity index (χ2v) is 6.15. The molecule has 0 aliphatic carbocycles. The summed E-state index contributed by atoms with van der Waals surface area (Å²) in [6, 6.07) is 13.1. The number of hydrogen-bond acceptors (Lipinski definition) is 5. The zero-order valence-electron chi connectivity index (χ0n) is 13.3. The first kappa shape index (κ1) is 16.8. The van der Waals surface area contributed by atoms with Gasteiger partial charge in [-0.1, -0.05) is 36.4 Å². The van der Waals surface area contributed by atoms with Gasteiger partial charge in [0.2, 0.25) is 5.91 Å². The molecule has 2 N–H and O–H groups in total. The van der Waals surface area contributed by atoms with Gasteiger partial charge in [0, 0.05) is 24.3 Å². The van der Waals surface area contributed by atoms with Crippen molar-refractivity contribution >= 4 is 28.3 Å². The van der Waals surface area contributed by atoms with Crippen molar-refractivity contribution in [2.45, 2.75) is 13.0 Å². The summed E-state index contributed by atoms with van der Waals surface area (Å²) >= 11 is 1.22. The summed E-state index contributed by atoms with van der Waals surface area (Å²) in [5.41, 5.74) is 2.11. The van der Waals surface area contributed by atoms with Crippen LogP contribution in [0, 0.1) is 0 Å². The van der Waals surface area contributed by atoms with Crippen molar-refractivity contribution in [2.24, 2.45) is 0 Å². The van der Waals surface area contributed by atoms with Crippen LogP contribution in [0.1, 0.15) is 21.6 Å².